The average Bonchev–Trinajstić information content (AvgIpc) is 3.23. The molecule has 0 spiro atoms. The molecule has 1 atom stereocenters. The van der Waals surface area contributed by atoms with Crippen LogP contribution in [0, 0.1) is 5.41 Å². The van der Waals surface area contributed by atoms with Gasteiger partial charge in [-0.25, -0.2) is 4.79 Å². The third-order valence-electron chi connectivity index (χ3n) is 4.73. The van der Waals surface area contributed by atoms with E-state index in [-0.39, 0.29) is 6.09 Å². The Morgan fingerprint density at radius 3 is 2.48 bits per heavy atom. The smallest absolute Gasteiger partial charge is 0.410 e. The van der Waals surface area contributed by atoms with E-state index >= 15 is 0 Å². The van der Waals surface area contributed by atoms with E-state index < -0.39 is 5.60 Å². The highest BCUT2D eigenvalue weighted by atomic mass is 16.6. The Hall–Kier alpha value is -0.770. The number of ether oxygens (including phenoxy) is 1. The monoisotopic (exact) mass is 296 g/mol. The second kappa shape index (κ2) is 6.15. The topological polar surface area (TPSA) is 41.6 Å². The van der Waals surface area contributed by atoms with Crippen molar-refractivity contribution in [2.75, 3.05) is 13.1 Å². The maximum Gasteiger partial charge on any atom is 0.410 e. The second-order valence-electron chi connectivity index (χ2n) is 8.09. The molecule has 0 saturated heterocycles. The van der Waals surface area contributed by atoms with Crippen molar-refractivity contribution in [3.63, 3.8) is 0 Å². The molecule has 0 aromatic heterocycles. The fraction of sp³-hybridized carbons (Fsp3) is 0.941. The number of carbonyl (C=O) groups excluding carboxylic acids is 1. The van der Waals surface area contributed by atoms with Gasteiger partial charge < -0.3 is 15.0 Å². The quantitative estimate of drug-likeness (QED) is 0.730. The van der Waals surface area contributed by atoms with Crippen molar-refractivity contribution < 1.29 is 9.53 Å². The summed E-state index contributed by atoms with van der Waals surface area (Å²) in [6.45, 7) is 12.2. The van der Waals surface area contributed by atoms with Crippen molar-refractivity contribution in [2.45, 2.75) is 84.4 Å². The predicted octanol–water partition coefficient (Wildman–Crippen LogP) is 3.55. The number of carbonyl (C=O) groups is 1. The van der Waals surface area contributed by atoms with Crippen molar-refractivity contribution in [1.29, 1.82) is 0 Å². The van der Waals surface area contributed by atoms with Gasteiger partial charge in [-0.3, -0.25) is 0 Å². The summed E-state index contributed by atoms with van der Waals surface area (Å²) in [6, 6.07) is 0.992. The van der Waals surface area contributed by atoms with Crippen LogP contribution < -0.4 is 5.32 Å². The number of amides is 1. The largest absolute Gasteiger partial charge is 0.444 e. The van der Waals surface area contributed by atoms with Gasteiger partial charge in [-0.05, 0) is 71.8 Å². The summed E-state index contributed by atoms with van der Waals surface area (Å²) in [5.41, 5.74) is 0.110. The molecule has 0 aliphatic heterocycles. The third-order valence-corrected chi connectivity index (χ3v) is 4.73. The first kappa shape index (κ1) is 16.6. The van der Waals surface area contributed by atoms with Gasteiger partial charge in [-0.1, -0.05) is 6.92 Å². The van der Waals surface area contributed by atoms with Crippen molar-refractivity contribution >= 4 is 6.09 Å². The van der Waals surface area contributed by atoms with Crippen LogP contribution in [0.15, 0.2) is 0 Å². The molecule has 4 nitrogen and oxygen atoms in total. The zero-order valence-electron chi connectivity index (χ0n) is 14.4. The minimum Gasteiger partial charge on any atom is -0.444 e. The van der Waals surface area contributed by atoms with Crippen LogP contribution in [0.5, 0.6) is 0 Å². The summed E-state index contributed by atoms with van der Waals surface area (Å²) in [6.07, 6.45) is 5.78. The lowest BCUT2D eigenvalue weighted by atomic mass is 10.0. The number of hydrogen-bond acceptors (Lipinski definition) is 3. The zero-order chi connectivity index (χ0) is 15.7. The van der Waals surface area contributed by atoms with Crippen LogP contribution in [0.4, 0.5) is 4.79 Å². The molecule has 1 unspecified atom stereocenters. The van der Waals surface area contributed by atoms with Gasteiger partial charge in [0.2, 0.25) is 0 Å². The van der Waals surface area contributed by atoms with E-state index in [1.807, 2.05) is 25.7 Å². The van der Waals surface area contributed by atoms with E-state index in [2.05, 4.69) is 19.2 Å². The highest BCUT2D eigenvalue weighted by molar-refractivity contribution is 5.69. The Morgan fingerprint density at radius 1 is 1.38 bits per heavy atom. The molecule has 0 heterocycles. The highest BCUT2D eigenvalue weighted by Crippen LogP contribution is 2.47. The maximum atomic E-state index is 12.2. The summed E-state index contributed by atoms with van der Waals surface area (Å²) in [5, 5.41) is 3.61. The fourth-order valence-corrected chi connectivity index (χ4v) is 2.57. The first-order valence-corrected chi connectivity index (χ1v) is 8.44. The summed E-state index contributed by atoms with van der Waals surface area (Å²) in [7, 11) is 0. The third kappa shape index (κ3) is 5.17. The first-order chi connectivity index (χ1) is 9.71. The molecule has 1 N–H and O–H groups in total. The van der Waals surface area contributed by atoms with Gasteiger partial charge in [0.25, 0.3) is 0 Å². The molecule has 21 heavy (non-hydrogen) atoms. The Labute approximate surface area is 129 Å². The van der Waals surface area contributed by atoms with Crippen LogP contribution in [0.3, 0.4) is 0 Å². The molecular weight excluding hydrogens is 264 g/mol. The first-order valence-electron chi connectivity index (χ1n) is 8.44. The lowest BCUT2D eigenvalue weighted by molar-refractivity contribution is 0.0231. The van der Waals surface area contributed by atoms with Crippen molar-refractivity contribution in [3.05, 3.63) is 0 Å². The minimum absolute atomic E-state index is 0.146. The lowest BCUT2D eigenvalue weighted by Gasteiger charge is -2.28. The molecule has 122 valence electrons. The summed E-state index contributed by atoms with van der Waals surface area (Å²) in [4.78, 5) is 14.1. The van der Waals surface area contributed by atoms with Gasteiger partial charge in [-0.2, -0.15) is 0 Å². The highest BCUT2D eigenvalue weighted by Gasteiger charge is 2.42. The van der Waals surface area contributed by atoms with Gasteiger partial charge >= 0.3 is 6.09 Å². The van der Waals surface area contributed by atoms with Crippen LogP contribution in [-0.4, -0.2) is 41.8 Å². The molecule has 2 aliphatic rings. The molecule has 2 saturated carbocycles. The van der Waals surface area contributed by atoms with Gasteiger partial charge in [-0.15, -0.1) is 0 Å². The van der Waals surface area contributed by atoms with Crippen molar-refractivity contribution in [1.82, 2.24) is 10.2 Å². The summed E-state index contributed by atoms with van der Waals surface area (Å²) >= 11 is 0. The van der Waals surface area contributed by atoms with Gasteiger partial charge in [0.15, 0.2) is 0 Å². The molecule has 2 rings (SSSR count). The zero-order valence-corrected chi connectivity index (χ0v) is 14.4. The standard InChI is InChI=1S/C17H32N2O2/c1-13(17(5)9-10-17)18-11-6-12-19(14-7-8-14)15(20)21-16(2,3)4/h13-14,18H,6-12H2,1-5H3. The Kier molecular flexibility index (Phi) is 4.86. The van der Waals surface area contributed by atoms with Crippen LogP contribution in [0.1, 0.15) is 66.7 Å². The number of nitrogens with one attached hydrogen (secondary N) is 1. The van der Waals surface area contributed by atoms with E-state index in [4.69, 9.17) is 4.74 Å². The average molecular weight is 296 g/mol. The van der Waals surface area contributed by atoms with E-state index in [0.29, 0.717) is 17.5 Å². The van der Waals surface area contributed by atoms with Crippen LogP contribution in [-0.2, 0) is 4.74 Å². The summed E-state index contributed by atoms with van der Waals surface area (Å²) in [5.74, 6) is 0. The van der Waals surface area contributed by atoms with Crippen molar-refractivity contribution in [2.24, 2.45) is 5.41 Å². The summed E-state index contributed by atoms with van der Waals surface area (Å²) < 4.78 is 5.51. The van der Waals surface area contributed by atoms with Gasteiger partial charge in [0, 0.05) is 18.6 Å². The molecule has 0 aromatic carbocycles. The van der Waals surface area contributed by atoms with E-state index in [1.165, 1.54) is 12.8 Å². The van der Waals surface area contributed by atoms with Crippen LogP contribution in [0.2, 0.25) is 0 Å². The van der Waals surface area contributed by atoms with Crippen LogP contribution >= 0.6 is 0 Å². The van der Waals surface area contributed by atoms with E-state index in [0.717, 1.165) is 32.4 Å². The molecular formula is C17H32N2O2. The number of rotatable bonds is 7. The normalized spacial score (nSPS) is 21.8. The van der Waals surface area contributed by atoms with Crippen LogP contribution in [0.25, 0.3) is 0 Å². The van der Waals surface area contributed by atoms with Gasteiger partial charge in [0.05, 0.1) is 0 Å². The molecule has 1 amide bonds. The van der Waals surface area contributed by atoms with E-state index in [9.17, 15) is 4.79 Å². The fourth-order valence-electron chi connectivity index (χ4n) is 2.57. The Morgan fingerprint density at radius 2 is 2.00 bits per heavy atom. The SMILES string of the molecule is CC(NCCCN(C(=O)OC(C)(C)C)C1CC1)C1(C)CC1. The lowest BCUT2D eigenvalue weighted by Crippen LogP contribution is -2.40. The van der Waals surface area contributed by atoms with Gasteiger partial charge in [0.1, 0.15) is 5.60 Å². The number of nitrogens with zero attached hydrogens (tertiary/aromatic N) is 1. The Balaban J connectivity index is 1.69. The van der Waals surface area contributed by atoms with E-state index in [1.54, 1.807) is 0 Å². The van der Waals surface area contributed by atoms with Crippen molar-refractivity contribution in [3.8, 4) is 0 Å². The molecule has 0 aromatic rings. The predicted molar refractivity (Wildman–Crippen MR) is 85.4 cm³/mol. The Bertz CT molecular complexity index is 367. The maximum absolute atomic E-state index is 12.2. The molecule has 0 radical (unpaired) electrons. The molecule has 0 bridgehead atoms. The minimum atomic E-state index is -0.405. The molecule has 2 aliphatic carbocycles. The number of hydrogen-bond donors (Lipinski definition) is 1. The molecule has 2 fully saturated rings. The molecule has 4 heteroatoms. The second-order valence-corrected chi connectivity index (χ2v) is 8.09.